The lowest BCUT2D eigenvalue weighted by atomic mass is 10.2. The molecule has 1 heterocycles. The number of ether oxygens (including phenoxy) is 2. The van der Waals surface area contributed by atoms with Gasteiger partial charge in [-0.3, -0.25) is 24.6 Å². The number of nitro groups is 1. The summed E-state index contributed by atoms with van der Waals surface area (Å²) in [6, 6.07) is 10.9. The molecule has 1 N–H and O–H groups in total. The van der Waals surface area contributed by atoms with Crippen molar-refractivity contribution in [2.75, 3.05) is 26.1 Å². The molecule has 11 heteroatoms. The average Bonchev–Trinajstić information content (AvgIpc) is 3.06. The molecule has 0 aliphatic carbocycles. The molecular weight excluding hydrogens is 466 g/mol. The van der Waals surface area contributed by atoms with Crippen molar-refractivity contribution in [1.29, 1.82) is 0 Å². The summed E-state index contributed by atoms with van der Waals surface area (Å²) in [4.78, 5) is 37.1. The van der Waals surface area contributed by atoms with E-state index in [0.29, 0.717) is 39.4 Å². The molecular formula is C22H21N3O6S2. The average molecular weight is 488 g/mol. The summed E-state index contributed by atoms with van der Waals surface area (Å²) >= 11 is 6.55. The molecule has 172 valence electrons. The molecule has 1 fully saturated rings. The normalized spacial score (nSPS) is 14.5. The molecule has 0 spiro atoms. The molecule has 0 saturated carbocycles. The first-order chi connectivity index (χ1) is 15.8. The van der Waals surface area contributed by atoms with Gasteiger partial charge in [-0.2, -0.15) is 0 Å². The van der Waals surface area contributed by atoms with Gasteiger partial charge in [0.1, 0.15) is 4.32 Å². The Morgan fingerprint density at radius 2 is 1.88 bits per heavy atom. The van der Waals surface area contributed by atoms with Gasteiger partial charge in [-0.1, -0.05) is 30.0 Å². The number of hydrogen-bond acceptors (Lipinski definition) is 8. The topological polar surface area (TPSA) is 111 Å². The van der Waals surface area contributed by atoms with Crippen molar-refractivity contribution in [2.24, 2.45) is 0 Å². The Morgan fingerprint density at radius 1 is 1.18 bits per heavy atom. The van der Waals surface area contributed by atoms with Crippen LogP contribution in [0.25, 0.3) is 6.08 Å². The third kappa shape index (κ3) is 6.08. The maximum atomic E-state index is 12.8. The third-order valence-electron chi connectivity index (χ3n) is 4.73. The minimum absolute atomic E-state index is 0.0523. The highest BCUT2D eigenvalue weighted by Gasteiger charge is 2.31. The summed E-state index contributed by atoms with van der Waals surface area (Å²) in [7, 11) is 3.09. The van der Waals surface area contributed by atoms with E-state index in [4.69, 9.17) is 21.7 Å². The lowest BCUT2D eigenvalue weighted by Crippen LogP contribution is -2.29. The maximum Gasteiger partial charge on any atom is 0.269 e. The van der Waals surface area contributed by atoms with Crippen LogP contribution in [-0.2, 0) is 9.59 Å². The molecule has 3 rings (SSSR count). The maximum absolute atomic E-state index is 12.8. The zero-order valence-corrected chi connectivity index (χ0v) is 19.5. The first kappa shape index (κ1) is 24.2. The van der Waals surface area contributed by atoms with Crippen molar-refractivity contribution >= 4 is 57.6 Å². The van der Waals surface area contributed by atoms with Crippen molar-refractivity contribution in [2.45, 2.75) is 12.8 Å². The number of nitrogens with one attached hydrogen (secondary N) is 1. The van der Waals surface area contributed by atoms with E-state index in [1.165, 1.54) is 40.9 Å². The molecule has 9 nitrogen and oxygen atoms in total. The van der Waals surface area contributed by atoms with Gasteiger partial charge >= 0.3 is 0 Å². The Labute approximate surface area is 199 Å². The Bertz CT molecular complexity index is 1120. The quantitative estimate of drug-likeness (QED) is 0.242. The monoisotopic (exact) mass is 487 g/mol. The van der Waals surface area contributed by atoms with E-state index in [1.54, 1.807) is 32.4 Å². The Kier molecular flexibility index (Phi) is 8.01. The van der Waals surface area contributed by atoms with E-state index >= 15 is 0 Å². The van der Waals surface area contributed by atoms with Crippen LogP contribution in [0.1, 0.15) is 18.4 Å². The molecule has 0 atom stereocenters. The molecule has 2 aromatic carbocycles. The van der Waals surface area contributed by atoms with Crippen LogP contribution in [-0.4, -0.2) is 46.7 Å². The van der Waals surface area contributed by atoms with Crippen molar-refractivity contribution in [1.82, 2.24) is 4.90 Å². The molecule has 1 aliphatic heterocycles. The second kappa shape index (κ2) is 10.9. The standard InChI is InChI=1S/C22H21N3O6S2/c1-30-17-10-5-14(12-18(17)31-2)13-19-21(27)24(22(32)33-19)11-3-4-20(26)23-15-6-8-16(9-7-15)25(28)29/h5-10,12-13H,3-4,11H2,1-2H3,(H,23,26). The van der Waals surface area contributed by atoms with Gasteiger partial charge in [0.05, 0.1) is 24.0 Å². The number of anilines is 1. The van der Waals surface area contributed by atoms with Crippen LogP contribution in [0.15, 0.2) is 47.4 Å². The largest absolute Gasteiger partial charge is 0.493 e. The molecule has 0 aromatic heterocycles. The van der Waals surface area contributed by atoms with Crippen LogP contribution in [0.4, 0.5) is 11.4 Å². The smallest absolute Gasteiger partial charge is 0.269 e. The van der Waals surface area contributed by atoms with E-state index in [1.807, 2.05) is 6.07 Å². The second-order valence-corrected chi connectivity index (χ2v) is 8.58. The van der Waals surface area contributed by atoms with E-state index in [0.717, 1.165) is 5.56 Å². The van der Waals surface area contributed by atoms with Crippen LogP contribution in [0, 0.1) is 10.1 Å². The highest BCUT2D eigenvalue weighted by molar-refractivity contribution is 8.26. The first-order valence-electron chi connectivity index (χ1n) is 9.84. The summed E-state index contributed by atoms with van der Waals surface area (Å²) in [6.07, 6.45) is 2.32. The summed E-state index contributed by atoms with van der Waals surface area (Å²) in [6.45, 7) is 0.307. The summed E-state index contributed by atoms with van der Waals surface area (Å²) in [5.41, 5.74) is 1.19. The van der Waals surface area contributed by atoms with E-state index in [9.17, 15) is 19.7 Å². The summed E-state index contributed by atoms with van der Waals surface area (Å²) in [5, 5.41) is 13.4. The first-order valence-corrected chi connectivity index (χ1v) is 11.1. The fraction of sp³-hybridized carbons (Fsp3) is 0.227. The molecule has 0 bridgehead atoms. The zero-order chi connectivity index (χ0) is 24.0. The Morgan fingerprint density at radius 3 is 2.52 bits per heavy atom. The zero-order valence-electron chi connectivity index (χ0n) is 17.9. The molecule has 1 aliphatic rings. The number of non-ortho nitro benzene ring substituents is 1. The fourth-order valence-electron chi connectivity index (χ4n) is 3.07. The van der Waals surface area contributed by atoms with Gasteiger partial charge in [-0.05, 0) is 42.3 Å². The number of nitrogens with zero attached hydrogens (tertiary/aromatic N) is 2. The Hall–Kier alpha value is -3.44. The number of amides is 2. The van der Waals surface area contributed by atoms with Gasteiger partial charge in [0.15, 0.2) is 11.5 Å². The van der Waals surface area contributed by atoms with Crippen molar-refractivity contribution in [3.05, 3.63) is 63.0 Å². The number of methoxy groups -OCH3 is 2. The van der Waals surface area contributed by atoms with Gasteiger partial charge in [-0.15, -0.1) is 0 Å². The van der Waals surface area contributed by atoms with Crippen molar-refractivity contribution in [3.63, 3.8) is 0 Å². The van der Waals surface area contributed by atoms with Crippen LogP contribution in [0.3, 0.4) is 0 Å². The number of benzene rings is 2. The highest BCUT2D eigenvalue weighted by Crippen LogP contribution is 2.34. The number of carbonyl (C=O) groups is 2. The minimum Gasteiger partial charge on any atom is -0.493 e. The molecule has 0 unspecified atom stereocenters. The summed E-state index contributed by atoms with van der Waals surface area (Å²) < 4.78 is 11.0. The van der Waals surface area contributed by atoms with Crippen LogP contribution in [0.5, 0.6) is 11.5 Å². The van der Waals surface area contributed by atoms with Crippen LogP contribution < -0.4 is 14.8 Å². The van der Waals surface area contributed by atoms with Gasteiger partial charge < -0.3 is 14.8 Å². The molecule has 0 radical (unpaired) electrons. The lowest BCUT2D eigenvalue weighted by Gasteiger charge is -2.14. The van der Waals surface area contributed by atoms with Crippen molar-refractivity contribution < 1.29 is 24.0 Å². The molecule has 2 amide bonds. The van der Waals surface area contributed by atoms with Gasteiger partial charge in [0.2, 0.25) is 5.91 Å². The Balaban J connectivity index is 1.55. The number of thioether (sulfide) groups is 1. The number of carbonyl (C=O) groups excluding carboxylic acids is 2. The highest BCUT2D eigenvalue weighted by atomic mass is 32.2. The molecule has 2 aromatic rings. The number of rotatable bonds is 9. The van der Waals surface area contributed by atoms with Gasteiger partial charge in [0, 0.05) is 30.8 Å². The minimum atomic E-state index is -0.507. The van der Waals surface area contributed by atoms with E-state index in [-0.39, 0.29) is 23.9 Å². The van der Waals surface area contributed by atoms with Crippen LogP contribution >= 0.6 is 24.0 Å². The molecule has 1 saturated heterocycles. The SMILES string of the molecule is COc1ccc(C=C2SC(=S)N(CCCC(=O)Nc3ccc([N+](=O)[O-])cc3)C2=O)cc1OC. The number of thiocarbonyl (C=S) groups is 1. The molecule has 33 heavy (non-hydrogen) atoms. The van der Waals surface area contributed by atoms with Gasteiger partial charge in [-0.25, -0.2) is 0 Å². The fourth-order valence-corrected chi connectivity index (χ4v) is 4.38. The van der Waals surface area contributed by atoms with Crippen molar-refractivity contribution in [3.8, 4) is 11.5 Å². The van der Waals surface area contributed by atoms with Gasteiger partial charge in [0.25, 0.3) is 11.6 Å². The van der Waals surface area contributed by atoms with E-state index < -0.39 is 4.92 Å². The lowest BCUT2D eigenvalue weighted by molar-refractivity contribution is -0.384. The summed E-state index contributed by atoms with van der Waals surface area (Å²) in [5.74, 6) is 0.681. The predicted molar refractivity (Wildman–Crippen MR) is 130 cm³/mol. The van der Waals surface area contributed by atoms with E-state index in [2.05, 4.69) is 5.32 Å². The number of nitro benzene ring substituents is 1. The predicted octanol–water partition coefficient (Wildman–Crippen LogP) is 4.23. The number of hydrogen-bond donors (Lipinski definition) is 1. The second-order valence-electron chi connectivity index (χ2n) is 6.90. The van der Waals surface area contributed by atoms with Crippen LogP contribution in [0.2, 0.25) is 0 Å². The third-order valence-corrected chi connectivity index (χ3v) is 6.10.